The molecule has 4 heteroatoms. The van der Waals surface area contributed by atoms with E-state index in [0.717, 1.165) is 11.1 Å². The van der Waals surface area contributed by atoms with Crippen molar-refractivity contribution in [2.24, 2.45) is 11.8 Å². The molecule has 1 amide bonds. The van der Waals surface area contributed by atoms with Gasteiger partial charge < -0.3 is 10.0 Å². The van der Waals surface area contributed by atoms with Gasteiger partial charge in [0.25, 0.3) is 0 Å². The molecule has 4 nitrogen and oxygen atoms in total. The van der Waals surface area contributed by atoms with Gasteiger partial charge in [-0.15, -0.1) is 0 Å². The molecule has 1 aliphatic rings. The van der Waals surface area contributed by atoms with Crippen molar-refractivity contribution in [2.45, 2.75) is 25.7 Å². The molecule has 1 fully saturated rings. The molecule has 3 rings (SSSR count). The topological polar surface area (TPSA) is 57.6 Å². The fourth-order valence-electron chi connectivity index (χ4n) is 3.94. The van der Waals surface area contributed by atoms with Crippen LogP contribution in [0.25, 0.3) is 0 Å². The highest BCUT2D eigenvalue weighted by atomic mass is 16.4. The summed E-state index contributed by atoms with van der Waals surface area (Å²) < 4.78 is 0. The van der Waals surface area contributed by atoms with Gasteiger partial charge in [-0.2, -0.15) is 0 Å². The highest BCUT2D eigenvalue weighted by Gasteiger charge is 2.42. The van der Waals surface area contributed by atoms with Gasteiger partial charge in [-0.05, 0) is 17.0 Å². The summed E-state index contributed by atoms with van der Waals surface area (Å²) in [5.41, 5.74) is 1.97. The van der Waals surface area contributed by atoms with E-state index in [9.17, 15) is 14.7 Å². The van der Waals surface area contributed by atoms with E-state index in [1.54, 1.807) is 4.90 Å². The fourth-order valence-corrected chi connectivity index (χ4v) is 3.94. The second kappa shape index (κ2) is 7.73. The van der Waals surface area contributed by atoms with Crippen LogP contribution >= 0.6 is 0 Å². The zero-order valence-electron chi connectivity index (χ0n) is 15.2. The van der Waals surface area contributed by atoms with E-state index in [0.29, 0.717) is 6.54 Å². The second-order valence-corrected chi connectivity index (χ2v) is 7.34. The molecule has 1 saturated heterocycles. The van der Waals surface area contributed by atoms with Crippen molar-refractivity contribution in [3.63, 3.8) is 0 Å². The average Bonchev–Trinajstić information content (AvgIpc) is 3.09. The number of carboxylic acid groups (broad SMARTS) is 1. The number of amides is 1. The number of carbonyl (C=O) groups excluding carboxylic acids is 1. The van der Waals surface area contributed by atoms with Gasteiger partial charge in [0.15, 0.2) is 0 Å². The van der Waals surface area contributed by atoms with Crippen molar-refractivity contribution in [1.82, 2.24) is 4.90 Å². The van der Waals surface area contributed by atoms with Gasteiger partial charge in [0.05, 0.1) is 11.8 Å². The van der Waals surface area contributed by atoms with Crippen LogP contribution in [0.1, 0.15) is 36.8 Å². The van der Waals surface area contributed by atoms with E-state index < -0.39 is 11.9 Å². The molecule has 1 aliphatic heterocycles. The Morgan fingerprint density at radius 2 is 1.54 bits per heavy atom. The summed E-state index contributed by atoms with van der Waals surface area (Å²) in [6, 6.07) is 19.4. The molecule has 2 aromatic carbocycles. The maximum absolute atomic E-state index is 13.3. The van der Waals surface area contributed by atoms with Crippen molar-refractivity contribution < 1.29 is 14.7 Å². The Balaban J connectivity index is 1.86. The third-order valence-electron chi connectivity index (χ3n) is 5.27. The number of hydrogen-bond acceptors (Lipinski definition) is 2. The molecule has 26 heavy (non-hydrogen) atoms. The standard InChI is InChI=1S/C22H25NO3/c1-15(2)20(17-11-7-4-8-12-17)21(24)23-13-18(19(14-23)22(25)26)16-9-5-3-6-10-16/h3-12,15,18-20H,13-14H2,1-2H3,(H,25,26)/t18-,19-,20?/m0/s1. The monoisotopic (exact) mass is 351 g/mol. The maximum atomic E-state index is 13.3. The van der Waals surface area contributed by atoms with Crippen LogP contribution in [0.2, 0.25) is 0 Å². The maximum Gasteiger partial charge on any atom is 0.308 e. The molecule has 0 aliphatic carbocycles. The van der Waals surface area contributed by atoms with Crippen LogP contribution in [0.5, 0.6) is 0 Å². The summed E-state index contributed by atoms with van der Waals surface area (Å²) in [5, 5.41) is 9.67. The number of carboxylic acids is 1. The van der Waals surface area contributed by atoms with Crippen LogP contribution in [0, 0.1) is 11.8 Å². The van der Waals surface area contributed by atoms with Crippen molar-refractivity contribution >= 4 is 11.9 Å². The molecule has 1 heterocycles. The molecule has 0 spiro atoms. The number of benzene rings is 2. The summed E-state index contributed by atoms with van der Waals surface area (Å²) in [6.45, 7) is 4.80. The Labute approximate surface area is 154 Å². The molecule has 2 aromatic rings. The first-order valence-corrected chi connectivity index (χ1v) is 9.10. The minimum Gasteiger partial charge on any atom is -0.481 e. The zero-order chi connectivity index (χ0) is 18.7. The Morgan fingerprint density at radius 3 is 2.08 bits per heavy atom. The van der Waals surface area contributed by atoms with Crippen LogP contribution in [0.4, 0.5) is 0 Å². The van der Waals surface area contributed by atoms with Gasteiger partial charge in [-0.1, -0.05) is 74.5 Å². The van der Waals surface area contributed by atoms with E-state index in [1.807, 2.05) is 74.5 Å². The highest BCUT2D eigenvalue weighted by molar-refractivity contribution is 5.85. The van der Waals surface area contributed by atoms with E-state index in [1.165, 1.54) is 0 Å². The number of likely N-dealkylation sites (tertiary alicyclic amines) is 1. The largest absolute Gasteiger partial charge is 0.481 e. The molecule has 136 valence electrons. The Hall–Kier alpha value is -2.62. The Bertz CT molecular complexity index is 757. The Kier molecular flexibility index (Phi) is 5.40. The van der Waals surface area contributed by atoms with Gasteiger partial charge >= 0.3 is 5.97 Å². The fraction of sp³-hybridized carbons (Fsp3) is 0.364. The smallest absolute Gasteiger partial charge is 0.308 e. The predicted molar refractivity (Wildman–Crippen MR) is 101 cm³/mol. The SMILES string of the molecule is CC(C)C(C(=O)N1C[C@H](C(=O)O)[C@H](c2ccccc2)C1)c1ccccc1. The summed E-state index contributed by atoms with van der Waals surface area (Å²) in [4.78, 5) is 26.8. The predicted octanol–water partition coefficient (Wildman–Crippen LogP) is 3.75. The quantitative estimate of drug-likeness (QED) is 0.892. The first-order valence-electron chi connectivity index (χ1n) is 9.10. The average molecular weight is 351 g/mol. The van der Waals surface area contributed by atoms with Crippen LogP contribution in [-0.2, 0) is 9.59 Å². The van der Waals surface area contributed by atoms with E-state index in [-0.39, 0.29) is 30.2 Å². The first-order chi connectivity index (χ1) is 12.5. The number of rotatable bonds is 5. The van der Waals surface area contributed by atoms with Gasteiger partial charge in [0, 0.05) is 19.0 Å². The number of carbonyl (C=O) groups is 2. The van der Waals surface area contributed by atoms with Crippen molar-refractivity contribution in [3.8, 4) is 0 Å². The Morgan fingerprint density at radius 1 is 0.962 bits per heavy atom. The summed E-state index contributed by atoms with van der Waals surface area (Å²) in [6.07, 6.45) is 0. The molecule has 1 unspecified atom stereocenters. The van der Waals surface area contributed by atoms with Crippen LogP contribution in [0.15, 0.2) is 60.7 Å². The first kappa shape index (κ1) is 18.2. The van der Waals surface area contributed by atoms with Crippen molar-refractivity contribution in [1.29, 1.82) is 0 Å². The molecule has 3 atom stereocenters. The summed E-state index contributed by atoms with van der Waals surface area (Å²) in [5.74, 6) is -1.65. The van der Waals surface area contributed by atoms with Crippen LogP contribution in [0.3, 0.4) is 0 Å². The van der Waals surface area contributed by atoms with Crippen LogP contribution in [-0.4, -0.2) is 35.0 Å². The molecule has 1 N–H and O–H groups in total. The third-order valence-corrected chi connectivity index (χ3v) is 5.27. The lowest BCUT2D eigenvalue weighted by molar-refractivity contribution is -0.142. The molecular weight excluding hydrogens is 326 g/mol. The minimum absolute atomic E-state index is 0.0240. The molecular formula is C22H25NO3. The summed E-state index contributed by atoms with van der Waals surface area (Å²) >= 11 is 0. The van der Waals surface area contributed by atoms with E-state index >= 15 is 0 Å². The molecule has 0 aromatic heterocycles. The van der Waals surface area contributed by atoms with Gasteiger partial charge in [-0.25, -0.2) is 0 Å². The normalized spacial score (nSPS) is 21.0. The second-order valence-electron chi connectivity index (χ2n) is 7.34. The number of hydrogen-bond donors (Lipinski definition) is 1. The summed E-state index contributed by atoms with van der Waals surface area (Å²) in [7, 11) is 0. The lowest BCUT2D eigenvalue weighted by Crippen LogP contribution is -2.36. The lowest BCUT2D eigenvalue weighted by atomic mass is 9.87. The minimum atomic E-state index is -0.838. The van der Waals surface area contributed by atoms with E-state index in [2.05, 4.69) is 0 Å². The van der Waals surface area contributed by atoms with Crippen LogP contribution < -0.4 is 0 Å². The number of nitrogens with zero attached hydrogens (tertiary/aromatic N) is 1. The van der Waals surface area contributed by atoms with Gasteiger partial charge in [0.2, 0.25) is 5.91 Å². The van der Waals surface area contributed by atoms with Gasteiger partial charge in [0.1, 0.15) is 0 Å². The van der Waals surface area contributed by atoms with Crippen molar-refractivity contribution in [3.05, 3.63) is 71.8 Å². The third kappa shape index (κ3) is 3.64. The van der Waals surface area contributed by atoms with Gasteiger partial charge in [-0.3, -0.25) is 9.59 Å². The van der Waals surface area contributed by atoms with E-state index in [4.69, 9.17) is 0 Å². The number of aliphatic carboxylic acids is 1. The highest BCUT2D eigenvalue weighted by Crippen LogP contribution is 2.36. The molecule has 0 bridgehead atoms. The molecule has 0 radical (unpaired) electrons. The lowest BCUT2D eigenvalue weighted by Gasteiger charge is -2.26. The zero-order valence-corrected chi connectivity index (χ0v) is 15.2. The van der Waals surface area contributed by atoms with Crippen molar-refractivity contribution in [2.75, 3.05) is 13.1 Å². The molecule has 0 saturated carbocycles.